The van der Waals surface area contributed by atoms with Crippen LogP contribution in [0.1, 0.15) is 15.9 Å². The zero-order chi connectivity index (χ0) is 12.3. The molecule has 17 heavy (non-hydrogen) atoms. The highest BCUT2D eigenvalue weighted by molar-refractivity contribution is 9.10. The first-order valence-electron chi connectivity index (χ1n) is 5.01. The Morgan fingerprint density at radius 3 is 2.82 bits per heavy atom. The van der Waals surface area contributed by atoms with E-state index in [4.69, 9.17) is 4.74 Å². The van der Waals surface area contributed by atoms with E-state index in [1.54, 1.807) is 49.7 Å². The molecule has 0 N–H and O–H groups in total. The van der Waals surface area contributed by atoms with Gasteiger partial charge in [-0.3, -0.25) is 4.79 Å². The molecule has 0 spiro atoms. The number of nitrogens with zero attached hydrogens (tertiary/aromatic N) is 1. The molecule has 3 nitrogen and oxygen atoms in total. The molecule has 0 aliphatic heterocycles. The van der Waals surface area contributed by atoms with Crippen LogP contribution in [0.4, 0.5) is 0 Å². The number of aromatic nitrogens is 1. The van der Waals surface area contributed by atoms with Crippen molar-refractivity contribution in [1.82, 2.24) is 4.98 Å². The minimum absolute atomic E-state index is 0.0797. The van der Waals surface area contributed by atoms with Crippen molar-refractivity contribution in [3.63, 3.8) is 0 Å². The smallest absolute Gasteiger partial charge is 0.195 e. The van der Waals surface area contributed by atoms with Crippen LogP contribution in [-0.4, -0.2) is 17.9 Å². The summed E-state index contributed by atoms with van der Waals surface area (Å²) in [6.45, 7) is 0. The summed E-state index contributed by atoms with van der Waals surface area (Å²) in [5, 5.41) is 0. The molecule has 1 heterocycles. The molecular formula is C13H10BrNO2. The first kappa shape index (κ1) is 11.8. The minimum Gasteiger partial charge on any atom is -0.497 e. The Balaban J connectivity index is 2.40. The monoisotopic (exact) mass is 291 g/mol. The van der Waals surface area contributed by atoms with Crippen molar-refractivity contribution in [1.29, 1.82) is 0 Å². The van der Waals surface area contributed by atoms with Crippen LogP contribution >= 0.6 is 15.9 Å². The van der Waals surface area contributed by atoms with E-state index >= 15 is 0 Å². The number of pyridine rings is 1. The van der Waals surface area contributed by atoms with Gasteiger partial charge in [-0.05, 0) is 40.2 Å². The van der Waals surface area contributed by atoms with Crippen LogP contribution in [0.2, 0.25) is 0 Å². The second-order valence-electron chi connectivity index (χ2n) is 3.40. The number of carbonyl (C=O) groups excluding carboxylic acids is 1. The van der Waals surface area contributed by atoms with Gasteiger partial charge < -0.3 is 4.74 Å². The average Bonchev–Trinajstić information content (AvgIpc) is 2.38. The standard InChI is InChI=1S/C13H10BrNO2/c1-17-10-5-2-4-9(8-10)12(16)11-6-3-7-15-13(11)14/h2-8H,1H3. The van der Waals surface area contributed by atoms with E-state index in [2.05, 4.69) is 20.9 Å². The Labute approximate surface area is 108 Å². The molecule has 0 radical (unpaired) electrons. The summed E-state index contributed by atoms with van der Waals surface area (Å²) < 4.78 is 5.64. The summed E-state index contributed by atoms with van der Waals surface area (Å²) in [5.41, 5.74) is 1.12. The van der Waals surface area contributed by atoms with Gasteiger partial charge in [0.25, 0.3) is 0 Å². The Kier molecular flexibility index (Phi) is 3.54. The van der Waals surface area contributed by atoms with Gasteiger partial charge in [0.1, 0.15) is 10.4 Å². The molecule has 0 saturated heterocycles. The third-order valence-corrected chi connectivity index (χ3v) is 2.97. The summed E-state index contributed by atoms with van der Waals surface area (Å²) in [4.78, 5) is 16.2. The van der Waals surface area contributed by atoms with Crippen LogP contribution in [0.3, 0.4) is 0 Å². The van der Waals surface area contributed by atoms with E-state index < -0.39 is 0 Å². The van der Waals surface area contributed by atoms with Crippen LogP contribution < -0.4 is 4.74 Å². The molecule has 2 aromatic rings. The first-order valence-corrected chi connectivity index (χ1v) is 5.81. The maximum absolute atomic E-state index is 12.2. The van der Waals surface area contributed by atoms with Gasteiger partial charge >= 0.3 is 0 Å². The van der Waals surface area contributed by atoms with Gasteiger partial charge in [-0.1, -0.05) is 12.1 Å². The quantitative estimate of drug-likeness (QED) is 0.644. The fraction of sp³-hybridized carbons (Fsp3) is 0.0769. The zero-order valence-electron chi connectivity index (χ0n) is 9.18. The molecule has 0 amide bonds. The van der Waals surface area contributed by atoms with Gasteiger partial charge in [-0.2, -0.15) is 0 Å². The van der Waals surface area contributed by atoms with Crippen molar-refractivity contribution < 1.29 is 9.53 Å². The van der Waals surface area contributed by atoms with Gasteiger partial charge in [-0.25, -0.2) is 4.98 Å². The molecule has 0 fully saturated rings. The van der Waals surface area contributed by atoms with Crippen LogP contribution in [0.25, 0.3) is 0 Å². The van der Waals surface area contributed by atoms with E-state index in [0.29, 0.717) is 21.5 Å². The molecule has 2 rings (SSSR count). The molecule has 0 unspecified atom stereocenters. The second kappa shape index (κ2) is 5.10. The predicted molar refractivity (Wildman–Crippen MR) is 68.4 cm³/mol. The fourth-order valence-corrected chi connectivity index (χ4v) is 1.91. The molecule has 0 aliphatic carbocycles. The molecule has 0 bridgehead atoms. The van der Waals surface area contributed by atoms with Crippen molar-refractivity contribution in [3.8, 4) is 5.75 Å². The molecule has 1 aromatic carbocycles. The first-order chi connectivity index (χ1) is 8.22. The van der Waals surface area contributed by atoms with Crippen LogP contribution in [0, 0.1) is 0 Å². The van der Waals surface area contributed by atoms with Gasteiger partial charge in [0.2, 0.25) is 0 Å². The highest BCUT2D eigenvalue weighted by Crippen LogP contribution is 2.20. The molecule has 0 saturated carbocycles. The largest absolute Gasteiger partial charge is 0.497 e. The van der Waals surface area contributed by atoms with Crippen molar-refractivity contribution in [3.05, 3.63) is 58.3 Å². The summed E-state index contributed by atoms with van der Waals surface area (Å²) in [7, 11) is 1.57. The Morgan fingerprint density at radius 1 is 1.29 bits per heavy atom. The van der Waals surface area contributed by atoms with Crippen LogP contribution in [-0.2, 0) is 0 Å². The van der Waals surface area contributed by atoms with Crippen LogP contribution in [0.15, 0.2) is 47.2 Å². The average molecular weight is 292 g/mol. The molecule has 0 aliphatic rings. The van der Waals surface area contributed by atoms with Crippen molar-refractivity contribution in [2.45, 2.75) is 0 Å². The molecule has 1 aromatic heterocycles. The topological polar surface area (TPSA) is 39.2 Å². The Hall–Kier alpha value is -1.68. The lowest BCUT2D eigenvalue weighted by molar-refractivity contribution is 0.103. The van der Waals surface area contributed by atoms with Crippen molar-refractivity contribution >= 4 is 21.7 Å². The highest BCUT2D eigenvalue weighted by Gasteiger charge is 2.13. The number of ketones is 1. The molecular weight excluding hydrogens is 282 g/mol. The number of halogens is 1. The summed E-state index contributed by atoms with van der Waals surface area (Å²) in [6, 6.07) is 10.5. The lowest BCUT2D eigenvalue weighted by Gasteiger charge is -2.04. The summed E-state index contributed by atoms with van der Waals surface area (Å²) in [6.07, 6.45) is 1.63. The van der Waals surface area contributed by atoms with Gasteiger partial charge in [0.15, 0.2) is 5.78 Å². The van der Waals surface area contributed by atoms with E-state index in [1.807, 2.05) is 0 Å². The molecule has 0 atom stereocenters. The van der Waals surface area contributed by atoms with Gasteiger partial charge in [-0.15, -0.1) is 0 Å². The SMILES string of the molecule is COc1cccc(C(=O)c2cccnc2Br)c1. The third kappa shape index (κ3) is 2.53. The number of benzene rings is 1. The number of carbonyl (C=O) groups is 1. The van der Waals surface area contributed by atoms with Gasteiger partial charge in [0, 0.05) is 11.8 Å². The van der Waals surface area contributed by atoms with Gasteiger partial charge in [0.05, 0.1) is 12.7 Å². The lowest BCUT2D eigenvalue weighted by atomic mass is 10.1. The molecule has 4 heteroatoms. The third-order valence-electron chi connectivity index (χ3n) is 2.34. The Morgan fingerprint density at radius 2 is 2.12 bits per heavy atom. The minimum atomic E-state index is -0.0797. The highest BCUT2D eigenvalue weighted by atomic mass is 79.9. The lowest BCUT2D eigenvalue weighted by Crippen LogP contribution is -2.03. The normalized spacial score (nSPS) is 10.0. The zero-order valence-corrected chi connectivity index (χ0v) is 10.8. The van der Waals surface area contributed by atoms with E-state index in [9.17, 15) is 4.79 Å². The number of rotatable bonds is 3. The molecule has 86 valence electrons. The number of hydrogen-bond acceptors (Lipinski definition) is 3. The van der Waals surface area contributed by atoms with Crippen molar-refractivity contribution in [2.75, 3.05) is 7.11 Å². The van der Waals surface area contributed by atoms with E-state index in [0.717, 1.165) is 0 Å². The van der Waals surface area contributed by atoms with Crippen molar-refractivity contribution in [2.24, 2.45) is 0 Å². The number of hydrogen-bond donors (Lipinski definition) is 0. The summed E-state index contributed by atoms with van der Waals surface area (Å²) >= 11 is 3.27. The number of ether oxygens (including phenoxy) is 1. The maximum atomic E-state index is 12.2. The predicted octanol–water partition coefficient (Wildman–Crippen LogP) is 3.08. The maximum Gasteiger partial charge on any atom is 0.195 e. The number of methoxy groups -OCH3 is 1. The van der Waals surface area contributed by atoms with E-state index in [-0.39, 0.29) is 5.78 Å². The Bertz CT molecular complexity index is 555. The second-order valence-corrected chi connectivity index (χ2v) is 4.15. The summed E-state index contributed by atoms with van der Waals surface area (Å²) in [5.74, 6) is 0.583. The van der Waals surface area contributed by atoms with E-state index in [1.165, 1.54) is 0 Å². The fourth-order valence-electron chi connectivity index (χ4n) is 1.48. The van der Waals surface area contributed by atoms with Crippen LogP contribution in [0.5, 0.6) is 5.75 Å².